The van der Waals surface area contributed by atoms with Crippen LogP contribution >= 0.6 is 0 Å². The summed E-state index contributed by atoms with van der Waals surface area (Å²) < 4.78 is 41.6. The Labute approximate surface area is 80.3 Å². The highest BCUT2D eigenvalue weighted by atomic mass is 19.4. The van der Waals surface area contributed by atoms with Gasteiger partial charge in [0.05, 0.1) is 5.52 Å². The van der Waals surface area contributed by atoms with Crippen molar-refractivity contribution < 1.29 is 27.5 Å². The molecule has 0 fully saturated rings. The largest absolute Gasteiger partial charge is 0.477 e. The number of aromatic nitrogens is 1. The lowest BCUT2D eigenvalue weighted by atomic mass is 10.3. The summed E-state index contributed by atoms with van der Waals surface area (Å²) in [6, 6.07) is 1.01. The normalized spacial score (nSPS) is 12.2. The molecule has 0 atom stereocenters. The lowest BCUT2D eigenvalue weighted by Gasteiger charge is -2.01. The van der Waals surface area contributed by atoms with Crippen molar-refractivity contribution >= 4 is 17.1 Å². The second-order valence-electron chi connectivity index (χ2n) is 2.87. The van der Waals surface area contributed by atoms with Gasteiger partial charge in [-0.1, -0.05) is 0 Å². The Bertz CT molecular complexity index is 523. The predicted molar refractivity (Wildman–Crippen MR) is 42.5 cm³/mol. The Morgan fingerprint density at radius 1 is 1.47 bits per heavy atom. The van der Waals surface area contributed by atoms with Crippen molar-refractivity contribution in [1.82, 2.24) is 4.98 Å². The maximum atomic E-state index is 12.3. The molecule has 0 unspecified atom stereocenters. The molecule has 2 N–H and O–H groups in total. The number of H-pyrrole nitrogens is 1. The van der Waals surface area contributed by atoms with Crippen molar-refractivity contribution in [2.75, 3.05) is 0 Å². The molecule has 2 rings (SSSR count). The topological polar surface area (TPSA) is 66.2 Å². The number of alkyl halides is 3. The SMILES string of the molecule is O=C(O)c1cc2occ(C(F)(F)F)c2[nH]1. The van der Waals surface area contributed by atoms with Crippen LogP contribution in [-0.4, -0.2) is 16.1 Å². The minimum Gasteiger partial charge on any atom is -0.477 e. The summed E-state index contributed by atoms with van der Waals surface area (Å²) in [5.41, 5.74) is -1.82. The zero-order chi connectivity index (χ0) is 11.2. The second kappa shape index (κ2) is 2.78. The van der Waals surface area contributed by atoms with Crippen LogP contribution in [0.1, 0.15) is 16.1 Å². The molecule has 0 saturated heterocycles. The van der Waals surface area contributed by atoms with E-state index in [1.54, 1.807) is 0 Å². The van der Waals surface area contributed by atoms with Gasteiger partial charge in [-0.3, -0.25) is 0 Å². The van der Waals surface area contributed by atoms with Crippen LogP contribution in [0.5, 0.6) is 0 Å². The number of fused-ring (bicyclic) bond motifs is 1. The zero-order valence-electron chi connectivity index (χ0n) is 7.05. The molecule has 0 aliphatic rings. The number of carbonyl (C=O) groups is 1. The third-order valence-electron chi connectivity index (χ3n) is 1.89. The lowest BCUT2D eigenvalue weighted by Crippen LogP contribution is -2.04. The molecule has 0 spiro atoms. The number of aromatic amines is 1. The molecule has 0 amide bonds. The van der Waals surface area contributed by atoms with Crippen LogP contribution in [0.4, 0.5) is 13.2 Å². The summed E-state index contributed by atoms with van der Waals surface area (Å²) in [4.78, 5) is 12.6. The Morgan fingerprint density at radius 3 is 2.67 bits per heavy atom. The molecular formula is C8H4F3NO3. The molecule has 0 aliphatic heterocycles. The van der Waals surface area contributed by atoms with Gasteiger partial charge in [-0.25, -0.2) is 4.79 Å². The standard InChI is InChI=1S/C8H4F3NO3/c9-8(10,11)3-2-15-5-1-4(7(13)14)12-6(3)5/h1-2,12H,(H,13,14). The van der Waals surface area contributed by atoms with Crippen molar-refractivity contribution in [3.63, 3.8) is 0 Å². The van der Waals surface area contributed by atoms with Crippen molar-refractivity contribution in [1.29, 1.82) is 0 Å². The fraction of sp³-hybridized carbons (Fsp3) is 0.125. The Balaban J connectivity index is 2.64. The molecule has 2 heterocycles. The minimum absolute atomic E-state index is 0.125. The molecule has 0 saturated carbocycles. The van der Waals surface area contributed by atoms with Gasteiger partial charge in [0.2, 0.25) is 0 Å². The molecule has 0 aliphatic carbocycles. The molecule has 2 aromatic heterocycles. The summed E-state index contributed by atoms with van der Waals surface area (Å²) in [6.07, 6.45) is -4.02. The molecule has 0 bridgehead atoms. The summed E-state index contributed by atoms with van der Waals surface area (Å²) in [5.74, 6) is -1.34. The molecule has 0 radical (unpaired) electrons. The summed E-state index contributed by atoms with van der Waals surface area (Å²) in [6.45, 7) is 0. The van der Waals surface area contributed by atoms with E-state index in [9.17, 15) is 18.0 Å². The van der Waals surface area contributed by atoms with Gasteiger partial charge < -0.3 is 14.5 Å². The van der Waals surface area contributed by atoms with Crippen LogP contribution in [-0.2, 0) is 6.18 Å². The number of aromatic carboxylic acids is 1. The predicted octanol–water partition coefficient (Wildman–Crippen LogP) is 2.48. The zero-order valence-corrected chi connectivity index (χ0v) is 7.05. The van der Waals surface area contributed by atoms with Gasteiger partial charge in [-0.05, 0) is 0 Å². The smallest absolute Gasteiger partial charge is 0.421 e. The Morgan fingerprint density at radius 2 is 2.13 bits per heavy atom. The lowest BCUT2D eigenvalue weighted by molar-refractivity contribution is -0.136. The van der Waals surface area contributed by atoms with Crippen LogP contribution in [0.2, 0.25) is 0 Å². The van der Waals surface area contributed by atoms with Crippen LogP contribution in [0.15, 0.2) is 16.7 Å². The summed E-state index contributed by atoms with van der Waals surface area (Å²) in [7, 11) is 0. The number of carboxylic acids is 1. The molecule has 15 heavy (non-hydrogen) atoms. The number of halogens is 3. The average Bonchev–Trinajstić information content (AvgIpc) is 2.56. The third-order valence-corrected chi connectivity index (χ3v) is 1.89. The highest BCUT2D eigenvalue weighted by molar-refractivity contribution is 5.92. The summed E-state index contributed by atoms with van der Waals surface area (Å²) in [5, 5.41) is 8.54. The number of furan rings is 1. The number of hydrogen-bond acceptors (Lipinski definition) is 2. The monoisotopic (exact) mass is 219 g/mol. The third kappa shape index (κ3) is 1.45. The highest BCUT2D eigenvalue weighted by Gasteiger charge is 2.35. The first kappa shape index (κ1) is 9.63. The van der Waals surface area contributed by atoms with Gasteiger partial charge in [0.25, 0.3) is 0 Å². The van der Waals surface area contributed by atoms with E-state index in [0.717, 1.165) is 6.07 Å². The van der Waals surface area contributed by atoms with Crippen LogP contribution in [0, 0.1) is 0 Å². The number of carboxylic acid groups (broad SMARTS) is 1. The first-order valence-electron chi connectivity index (χ1n) is 3.80. The molecule has 7 heteroatoms. The van der Waals surface area contributed by atoms with E-state index in [-0.39, 0.29) is 16.8 Å². The van der Waals surface area contributed by atoms with Gasteiger partial charge in [-0.15, -0.1) is 0 Å². The molecular weight excluding hydrogens is 215 g/mol. The Hall–Kier alpha value is -1.92. The maximum Gasteiger partial charge on any atom is 0.421 e. The second-order valence-corrected chi connectivity index (χ2v) is 2.87. The van der Waals surface area contributed by atoms with Gasteiger partial charge in [-0.2, -0.15) is 13.2 Å². The van der Waals surface area contributed by atoms with E-state index < -0.39 is 17.7 Å². The van der Waals surface area contributed by atoms with Crippen molar-refractivity contribution in [3.8, 4) is 0 Å². The van der Waals surface area contributed by atoms with Gasteiger partial charge in [0, 0.05) is 6.07 Å². The molecule has 80 valence electrons. The van der Waals surface area contributed by atoms with Gasteiger partial charge in [0.1, 0.15) is 17.5 Å². The van der Waals surface area contributed by atoms with E-state index in [1.165, 1.54) is 0 Å². The quantitative estimate of drug-likeness (QED) is 0.774. The van der Waals surface area contributed by atoms with Crippen LogP contribution in [0.3, 0.4) is 0 Å². The van der Waals surface area contributed by atoms with E-state index >= 15 is 0 Å². The number of rotatable bonds is 1. The van der Waals surface area contributed by atoms with Crippen molar-refractivity contribution in [2.45, 2.75) is 6.18 Å². The molecule has 0 aromatic carbocycles. The highest BCUT2D eigenvalue weighted by Crippen LogP contribution is 2.35. The van der Waals surface area contributed by atoms with E-state index in [2.05, 4.69) is 9.40 Å². The minimum atomic E-state index is -4.56. The number of nitrogens with one attached hydrogen (secondary N) is 1. The van der Waals surface area contributed by atoms with Crippen molar-refractivity contribution in [3.05, 3.63) is 23.6 Å². The molecule has 4 nitrogen and oxygen atoms in total. The first-order valence-corrected chi connectivity index (χ1v) is 3.80. The van der Waals surface area contributed by atoms with Crippen LogP contribution < -0.4 is 0 Å². The van der Waals surface area contributed by atoms with Gasteiger partial charge >= 0.3 is 12.1 Å². The fourth-order valence-corrected chi connectivity index (χ4v) is 1.23. The summed E-state index contributed by atoms with van der Waals surface area (Å²) >= 11 is 0. The van der Waals surface area contributed by atoms with E-state index in [1.807, 2.05) is 0 Å². The number of hydrogen-bond donors (Lipinski definition) is 2. The Kier molecular flexibility index (Phi) is 1.79. The molecule has 2 aromatic rings. The van der Waals surface area contributed by atoms with Crippen molar-refractivity contribution in [2.24, 2.45) is 0 Å². The van der Waals surface area contributed by atoms with Crippen LogP contribution in [0.25, 0.3) is 11.1 Å². The van der Waals surface area contributed by atoms with E-state index in [4.69, 9.17) is 5.11 Å². The fourth-order valence-electron chi connectivity index (χ4n) is 1.23. The average molecular weight is 219 g/mol. The maximum absolute atomic E-state index is 12.3. The van der Waals surface area contributed by atoms with E-state index in [0.29, 0.717) is 6.26 Å². The first-order chi connectivity index (χ1) is 6.89. The van der Waals surface area contributed by atoms with Gasteiger partial charge in [0.15, 0.2) is 5.58 Å².